The average molecular weight is 720 g/mol. The zero-order chi connectivity index (χ0) is 37.4. The molecule has 12 nitrogen and oxygen atoms in total. The molecule has 4 fully saturated rings. The number of amides is 5. The van der Waals surface area contributed by atoms with E-state index >= 15 is 0 Å². The first-order valence-corrected chi connectivity index (χ1v) is 20.0. The highest BCUT2D eigenvalue weighted by atomic mass is 32.2. The van der Waals surface area contributed by atoms with Gasteiger partial charge in [-0.15, -0.1) is 6.58 Å². The van der Waals surface area contributed by atoms with Crippen molar-refractivity contribution in [2.75, 3.05) is 18.8 Å². The number of ketones is 1. The summed E-state index contributed by atoms with van der Waals surface area (Å²) in [5, 5.41) is 11.3. The minimum absolute atomic E-state index is 0.0701. The molecule has 3 saturated carbocycles. The molecule has 0 spiro atoms. The second-order valence-corrected chi connectivity index (χ2v) is 20.9. The number of hydrogen-bond acceptors (Lipinski definition) is 7. The molecule has 282 valence electrons. The first kappa shape index (κ1) is 39.8. The van der Waals surface area contributed by atoms with Crippen LogP contribution in [0.15, 0.2) is 12.7 Å². The van der Waals surface area contributed by atoms with Crippen LogP contribution < -0.4 is 21.3 Å². The summed E-state index contributed by atoms with van der Waals surface area (Å²) in [5.74, 6) is -2.43. The summed E-state index contributed by atoms with van der Waals surface area (Å²) in [7, 11) is -3.57. The number of rotatable bonds is 13. The Bertz CT molecular complexity index is 1450. The second-order valence-electron chi connectivity index (χ2n) is 18.1. The third-order valence-electron chi connectivity index (χ3n) is 11.4. The van der Waals surface area contributed by atoms with Crippen molar-refractivity contribution in [3.63, 3.8) is 0 Å². The van der Waals surface area contributed by atoms with E-state index in [0.29, 0.717) is 25.8 Å². The van der Waals surface area contributed by atoms with Gasteiger partial charge in [-0.1, -0.05) is 72.8 Å². The molecule has 0 aromatic heterocycles. The van der Waals surface area contributed by atoms with Gasteiger partial charge in [0.05, 0.1) is 22.1 Å². The Labute approximate surface area is 299 Å². The average Bonchev–Trinajstić information content (AvgIpc) is 3.75. The quantitative estimate of drug-likeness (QED) is 0.166. The molecule has 1 heterocycles. The van der Waals surface area contributed by atoms with E-state index in [1.165, 1.54) is 6.08 Å². The van der Waals surface area contributed by atoms with Gasteiger partial charge in [-0.25, -0.2) is 13.2 Å². The number of sulfone groups is 1. The van der Waals surface area contributed by atoms with Gasteiger partial charge in [0.1, 0.15) is 12.1 Å². The highest BCUT2D eigenvalue weighted by molar-refractivity contribution is 7.92. The molecule has 4 N–H and O–H groups in total. The fourth-order valence-electron chi connectivity index (χ4n) is 8.29. The fraction of sp³-hybridized carbons (Fsp3) is 0.811. The van der Waals surface area contributed by atoms with Crippen LogP contribution in [0, 0.1) is 28.6 Å². The molecule has 4 aliphatic rings. The van der Waals surface area contributed by atoms with Crippen LogP contribution in [-0.4, -0.2) is 90.1 Å². The lowest BCUT2D eigenvalue weighted by atomic mass is 9.55. The van der Waals surface area contributed by atoms with Gasteiger partial charge in [0.2, 0.25) is 17.6 Å². The first-order valence-electron chi connectivity index (χ1n) is 18.4. The largest absolute Gasteiger partial charge is 0.346 e. The zero-order valence-electron chi connectivity index (χ0n) is 31.4. The molecule has 0 aromatic carbocycles. The number of fused-ring (bicyclic) bond motifs is 1. The van der Waals surface area contributed by atoms with Gasteiger partial charge >= 0.3 is 6.03 Å². The molecule has 1 aliphatic heterocycles. The third-order valence-corrected chi connectivity index (χ3v) is 14.2. The Hall–Kier alpha value is -2.96. The van der Waals surface area contributed by atoms with Crippen LogP contribution in [0.2, 0.25) is 0 Å². The molecule has 5 amide bonds. The van der Waals surface area contributed by atoms with Crippen molar-refractivity contribution in [2.45, 2.75) is 142 Å². The number of carbonyl (C=O) groups excluding carboxylic acids is 5. The van der Waals surface area contributed by atoms with Crippen LogP contribution in [0.25, 0.3) is 0 Å². The standard InChI is InChI=1S/C37H61N5O7S/c1-10-18-38-31(45)28(43)25(19-23-14-15-23)39-30(44)27-26-24(20-36(26,8)9)21-42(27)32(46)29(34(2,3)4)40-33(47)41-37(16-12-11-13-17-37)22-50(48,49)35(5,6)7/h10,23-27,29H,1,11-22H2,2-9H3,(H,38,45)(H,39,44)(H2,40,41,47). The molecule has 50 heavy (non-hydrogen) atoms. The van der Waals surface area contributed by atoms with E-state index in [-0.39, 0.29) is 35.5 Å². The number of hydrogen-bond donors (Lipinski definition) is 4. The predicted molar refractivity (Wildman–Crippen MR) is 193 cm³/mol. The Morgan fingerprint density at radius 2 is 1.58 bits per heavy atom. The van der Waals surface area contributed by atoms with Gasteiger partial charge < -0.3 is 26.2 Å². The van der Waals surface area contributed by atoms with E-state index in [0.717, 1.165) is 38.5 Å². The van der Waals surface area contributed by atoms with Crippen LogP contribution in [-0.2, 0) is 29.0 Å². The van der Waals surface area contributed by atoms with E-state index < -0.39 is 73.2 Å². The summed E-state index contributed by atoms with van der Waals surface area (Å²) in [6.07, 6.45) is 8.04. The molecule has 3 aliphatic carbocycles. The Morgan fingerprint density at radius 3 is 2.10 bits per heavy atom. The van der Waals surface area contributed by atoms with Crippen molar-refractivity contribution < 1.29 is 32.4 Å². The van der Waals surface area contributed by atoms with Gasteiger partial charge in [0.25, 0.3) is 5.91 Å². The van der Waals surface area contributed by atoms with Gasteiger partial charge in [-0.05, 0) is 75.0 Å². The van der Waals surface area contributed by atoms with E-state index in [9.17, 15) is 32.4 Å². The summed E-state index contributed by atoms with van der Waals surface area (Å²) in [6, 6.07) is -3.56. The highest BCUT2D eigenvalue weighted by Crippen LogP contribution is 2.57. The molecule has 1 saturated heterocycles. The number of nitrogens with one attached hydrogen (secondary N) is 4. The first-order chi connectivity index (χ1) is 23.0. The van der Waals surface area contributed by atoms with Gasteiger partial charge in [-0.3, -0.25) is 19.2 Å². The van der Waals surface area contributed by atoms with Crippen molar-refractivity contribution in [3.05, 3.63) is 12.7 Å². The molecule has 0 radical (unpaired) electrons. The number of likely N-dealkylation sites (tertiary alicyclic amines) is 1. The molecule has 4 rings (SSSR count). The van der Waals surface area contributed by atoms with Crippen molar-refractivity contribution >= 4 is 39.4 Å². The van der Waals surface area contributed by atoms with Crippen LogP contribution in [0.3, 0.4) is 0 Å². The van der Waals surface area contributed by atoms with Crippen molar-refractivity contribution in [2.24, 2.45) is 28.6 Å². The summed E-state index contributed by atoms with van der Waals surface area (Å²) in [6.45, 7) is 18.7. The van der Waals surface area contributed by atoms with E-state index in [1.54, 1.807) is 25.7 Å². The maximum absolute atomic E-state index is 14.6. The normalized spacial score (nSPS) is 25.6. The summed E-state index contributed by atoms with van der Waals surface area (Å²) < 4.78 is 25.7. The predicted octanol–water partition coefficient (Wildman–Crippen LogP) is 3.65. The van der Waals surface area contributed by atoms with Crippen molar-refractivity contribution in [1.82, 2.24) is 26.2 Å². The molecular weight excluding hydrogens is 659 g/mol. The van der Waals surface area contributed by atoms with Crippen molar-refractivity contribution in [1.29, 1.82) is 0 Å². The van der Waals surface area contributed by atoms with E-state index in [2.05, 4.69) is 41.7 Å². The van der Waals surface area contributed by atoms with E-state index in [4.69, 9.17) is 0 Å². The second kappa shape index (κ2) is 14.6. The van der Waals surface area contributed by atoms with Crippen molar-refractivity contribution in [3.8, 4) is 0 Å². The van der Waals surface area contributed by atoms with Gasteiger partial charge in [0.15, 0.2) is 9.84 Å². The number of urea groups is 1. The molecule has 5 unspecified atom stereocenters. The molecule has 13 heteroatoms. The summed E-state index contributed by atoms with van der Waals surface area (Å²) in [5.41, 5.74) is -1.97. The Morgan fingerprint density at radius 1 is 0.960 bits per heavy atom. The van der Waals surface area contributed by atoms with Crippen LogP contribution >= 0.6 is 0 Å². The van der Waals surface area contributed by atoms with E-state index in [1.807, 2.05) is 20.8 Å². The maximum atomic E-state index is 14.6. The Balaban J connectivity index is 1.58. The van der Waals surface area contributed by atoms with Gasteiger partial charge in [-0.2, -0.15) is 0 Å². The fourth-order valence-corrected chi connectivity index (χ4v) is 9.82. The maximum Gasteiger partial charge on any atom is 0.315 e. The topological polar surface area (TPSA) is 171 Å². The number of nitrogens with zero attached hydrogens (tertiary/aromatic N) is 1. The van der Waals surface area contributed by atoms with Crippen LogP contribution in [0.1, 0.15) is 113 Å². The van der Waals surface area contributed by atoms with Gasteiger partial charge in [0, 0.05) is 13.1 Å². The highest BCUT2D eigenvalue weighted by Gasteiger charge is 2.61. The summed E-state index contributed by atoms with van der Waals surface area (Å²) in [4.78, 5) is 70.1. The minimum Gasteiger partial charge on any atom is -0.346 e. The molecule has 0 bridgehead atoms. The number of carbonyl (C=O) groups is 5. The minimum atomic E-state index is -3.57. The Kier molecular flexibility index (Phi) is 11.6. The lowest BCUT2D eigenvalue weighted by molar-refractivity contribution is -0.146. The number of Topliss-reactive ketones (excluding diaryl/α,β-unsaturated/α-hetero) is 1. The monoisotopic (exact) mass is 719 g/mol. The SMILES string of the molecule is C=CCNC(=O)C(=O)C(CC1CC1)NC(=O)C1C2C(CN1C(=O)C(NC(=O)NC1(CS(=O)(=O)C(C)(C)C)CCCCC1)C(C)(C)C)CC2(C)C. The lowest BCUT2D eigenvalue weighted by Crippen LogP contribution is -2.64. The molecular formula is C37H61N5O7S. The lowest BCUT2D eigenvalue weighted by Gasteiger charge is -2.49. The molecule has 5 atom stereocenters. The zero-order valence-corrected chi connectivity index (χ0v) is 32.3. The van der Waals surface area contributed by atoms with Crippen LogP contribution in [0.5, 0.6) is 0 Å². The smallest absolute Gasteiger partial charge is 0.315 e. The summed E-state index contributed by atoms with van der Waals surface area (Å²) >= 11 is 0. The third kappa shape index (κ3) is 8.91. The molecule has 0 aromatic rings. The van der Waals surface area contributed by atoms with Crippen LogP contribution in [0.4, 0.5) is 4.79 Å².